The van der Waals surface area contributed by atoms with Crippen LogP contribution < -0.4 is 0 Å². The lowest BCUT2D eigenvalue weighted by molar-refractivity contribution is 0.0690. The molecule has 1 saturated carbocycles. The van der Waals surface area contributed by atoms with Crippen molar-refractivity contribution in [1.82, 2.24) is 25.2 Å². The molecule has 0 radical (unpaired) electrons. The summed E-state index contributed by atoms with van der Waals surface area (Å²) in [6.07, 6.45) is 7.81. The van der Waals surface area contributed by atoms with Crippen molar-refractivity contribution in [3.8, 4) is 0 Å². The number of unbranched alkanes of at least 4 members (excludes halogenated alkanes) is 1. The van der Waals surface area contributed by atoms with Crippen LogP contribution in [0, 0.1) is 5.92 Å². The van der Waals surface area contributed by atoms with Gasteiger partial charge in [-0.25, -0.2) is 4.79 Å². The molecule has 2 aromatic rings. The highest BCUT2D eigenvalue weighted by Gasteiger charge is 2.32. The molecule has 130 valence electrons. The molecule has 2 aliphatic rings. The second-order valence-electron chi connectivity index (χ2n) is 6.93. The van der Waals surface area contributed by atoms with Crippen LogP contribution in [0.25, 0.3) is 5.57 Å². The zero-order valence-electron chi connectivity index (χ0n) is 14.3. The molecule has 0 amide bonds. The van der Waals surface area contributed by atoms with E-state index < -0.39 is 5.97 Å². The van der Waals surface area contributed by atoms with Crippen molar-refractivity contribution < 1.29 is 9.90 Å². The van der Waals surface area contributed by atoms with Crippen molar-refractivity contribution >= 4 is 11.5 Å². The Bertz CT molecular complexity index is 851. The standard InChI is InChI=1S/C18H21N5O2/c1-11-14(12-5-6-12)9-16-15(11)8-13(19-20-16)4-2-3-7-23-10-17(18(24)25)21-22-23/h8,10,12H,2-7,9H2,1H3,(H,24,25). The van der Waals surface area contributed by atoms with Crippen molar-refractivity contribution in [2.75, 3.05) is 0 Å². The van der Waals surface area contributed by atoms with Gasteiger partial charge in [-0.05, 0) is 56.6 Å². The van der Waals surface area contributed by atoms with E-state index in [2.05, 4.69) is 33.5 Å². The van der Waals surface area contributed by atoms with Gasteiger partial charge in [-0.2, -0.15) is 10.2 Å². The molecule has 2 heterocycles. The van der Waals surface area contributed by atoms with Gasteiger partial charge in [0.1, 0.15) is 0 Å². The van der Waals surface area contributed by atoms with Crippen LogP contribution in [-0.4, -0.2) is 36.3 Å². The average Bonchev–Trinajstić information content (AvgIpc) is 3.24. The Labute approximate surface area is 145 Å². The fourth-order valence-electron chi connectivity index (χ4n) is 3.49. The van der Waals surface area contributed by atoms with Crippen molar-refractivity contribution in [3.05, 3.63) is 40.5 Å². The molecule has 25 heavy (non-hydrogen) atoms. The predicted octanol–water partition coefficient (Wildman–Crippen LogP) is 2.53. The number of hydrogen-bond acceptors (Lipinski definition) is 5. The lowest BCUT2D eigenvalue weighted by Gasteiger charge is -2.04. The van der Waals surface area contributed by atoms with Gasteiger partial charge in [-0.3, -0.25) is 4.68 Å². The highest BCUT2D eigenvalue weighted by molar-refractivity contribution is 5.84. The normalized spacial score (nSPS) is 16.4. The zero-order chi connectivity index (χ0) is 17.4. The number of hydrogen-bond donors (Lipinski definition) is 1. The maximum Gasteiger partial charge on any atom is 0.358 e. The van der Waals surface area contributed by atoms with Gasteiger partial charge in [0.05, 0.1) is 17.6 Å². The molecule has 0 saturated heterocycles. The Morgan fingerprint density at radius 1 is 1.28 bits per heavy atom. The lowest BCUT2D eigenvalue weighted by Crippen LogP contribution is -2.02. The van der Waals surface area contributed by atoms with Crippen molar-refractivity contribution in [2.24, 2.45) is 5.92 Å². The number of carboxylic acid groups (broad SMARTS) is 1. The van der Waals surface area contributed by atoms with Crippen LogP contribution in [-0.2, 0) is 19.4 Å². The minimum absolute atomic E-state index is 0.0155. The number of carbonyl (C=O) groups is 1. The number of carboxylic acids is 1. The van der Waals surface area contributed by atoms with E-state index in [1.165, 1.54) is 30.2 Å². The van der Waals surface area contributed by atoms with Crippen LogP contribution in [0.5, 0.6) is 0 Å². The molecule has 0 aliphatic heterocycles. The molecule has 0 atom stereocenters. The molecular weight excluding hydrogens is 318 g/mol. The third kappa shape index (κ3) is 3.31. The van der Waals surface area contributed by atoms with Crippen LogP contribution in [0.1, 0.15) is 60.0 Å². The fraction of sp³-hybridized carbons (Fsp3) is 0.500. The first-order chi connectivity index (χ1) is 12.1. The molecule has 4 rings (SSSR count). The van der Waals surface area contributed by atoms with E-state index in [1.807, 2.05) is 0 Å². The Morgan fingerprint density at radius 3 is 2.84 bits per heavy atom. The van der Waals surface area contributed by atoms with E-state index in [4.69, 9.17) is 5.11 Å². The van der Waals surface area contributed by atoms with Crippen molar-refractivity contribution in [1.29, 1.82) is 0 Å². The third-order valence-electron chi connectivity index (χ3n) is 5.06. The lowest BCUT2D eigenvalue weighted by atomic mass is 10.1. The Balaban J connectivity index is 1.32. The van der Waals surface area contributed by atoms with Gasteiger partial charge in [0.25, 0.3) is 0 Å². The summed E-state index contributed by atoms with van der Waals surface area (Å²) < 4.78 is 1.58. The van der Waals surface area contributed by atoms with Gasteiger partial charge in [0, 0.05) is 18.5 Å². The highest BCUT2D eigenvalue weighted by Crippen LogP contribution is 2.45. The Hall–Kier alpha value is -2.57. The minimum Gasteiger partial charge on any atom is -0.476 e. The summed E-state index contributed by atoms with van der Waals surface area (Å²) in [4.78, 5) is 10.8. The summed E-state index contributed by atoms with van der Waals surface area (Å²) in [6.45, 7) is 2.87. The topological polar surface area (TPSA) is 93.8 Å². The summed E-state index contributed by atoms with van der Waals surface area (Å²) in [5.41, 5.74) is 6.42. The first kappa shape index (κ1) is 15.9. The maximum absolute atomic E-state index is 10.8. The summed E-state index contributed by atoms with van der Waals surface area (Å²) in [7, 11) is 0. The maximum atomic E-state index is 10.8. The number of aryl methyl sites for hydroxylation is 2. The first-order valence-corrected chi connectivity index (χ1v) is 8.80. The largest absolute Gasteiger partial charge is 0.476 e. The number of aromatic nitrogens is 5. The van der Waals surface area contributed by atoms with Gasteiger partial charge in [-0.15, -0.1) is 5.10 Å². The Kier molecular flexibility index (Phi) is 4.07. The van der Waals surface area contributed by atoms with Crippen LogP contribution in [0.4, 0.5) is 0 Å². The van der Waals surface area contributed by atoms with E-state index in [0.717, 1.165) is 43.0 Å². The molecule has 1 fully saturated rings. The minimum atomic E-state index is -1.05. The van der Waals surface area contributed by atoms with Crippen molar-refractivity contribution in [3.63, 3.8) is 0 Å². The quantitative estimate of drug-likeness (QED) is 0.779. The summed E-state index contributed by atoms with van der Waals surface area (Å²) in [5, 5.41) is 25.1. The Morgan fingerprint density at radius 2 is 2.12 bits per heavy atom. The monoisotopic (exact) mass is 339 g/mol. The van der Waals surface area contributed by atoms with E-state index in [1.54, 1.807) is 10.3 Å². The van der Waals surface area contributed by atoms with Crippen LogP contribution >= 0.6 is 0 Å². The molecule has 0 aromatic carbocycles. The molecule has 0 bridgehead atoms. The molecule has 7 nitrogen and oxygen atoms in total. The summed E-state index contributed by atoms with van der Waals surface area (Å²) in [5.74, 6) is -0.260. The zero-order valence-corrected chi connectivity index (χ0v) is 14.3. The molecule has 0 unspecified atom stereocenters. The number of rotatable bonds is 7. The molecule has 7 heteroatoms. The van der Waals surface area contributed by atoms with E-state index >= 15 is 0 Å². The van der Waals surface area contributed by atoms with Crippen LogP contribution in [0.2, 0.25) is 0 Å². The van der Waals surface area contributed by atoms with Crippen LogP contribution in [0.15, 0.2) is 17.8 Å². The SMILES string of the molecule is CC1=C(C2CC2)Cc2nnc(CCCCn3cc(C(=O)O)nn3)cc21. The van der Waals surface area contributed by atoms with Gasteiger partial charge < -0.3 is 5.11 Å². The predicted molar refractivity (Wildman–Crippen MR) is 91.0 cm³/mol. The number of nitrogens with zero attached hydrogens (tertiary/aromatic N) is 5. The highest BCUT2D eigenvalue weighted by atomic mass is 16.4. The van der Waals surface area contributed by atoms with E-state index in [0.29, 0.717) is 6.54 Å². The van der Waals surface area contributed by atoms with Crippen molar-refractivity contribution in [2.45, 2.75) is 52.0 Å². The second-order valence-corrected chi connectivity index (χ2v) is 6.93. The van der Waals surface area contributed by atoms with Gasteiger partial charge in [-0.1, -0.05) is 10.8 Å². The smallest absolute Gasteiger partial charge is 0.358 e. The second kappa shape index (κ2) is 6.38. The van der Waals surface area contributed by atoms with Gasteiger partial charge >= 0.3 is 5.97 Å². The average molecular weight is 339 g/mol. The van der Waals surface area contributed by atoms with Gasteiger partial charge in [0.2, 0.25) is 0 Å². The molecule has 1 N–H and O–H groups in total. The fourth-order valence-corrected chi connectivity index (χ4v) is 3.49. The third-order valence-corrected chi connectivity index (χ3v) is 5.06. The van der Waals surface area contributed by atoms with E-state index in [9.17, 15) is 4.79 Å². The molecule has 0 spiro atoms. The molecule has 2 aromatic heterocycles. The van der Waals surface area contributed by atoms with Gasteiger partial charge in [0.15, 0.2) is 5.69 Å². The number of fused-ring (bicyclic) bond motifs is 1. The number of allylic oxidation sites excluding steroid dienone is 2. The van der Waals surface area contributed by atoms with E-state index in [-0.39, 0.29) is 5.69 Å². The molecule has 2 aliphatic carbocycles. The first-order valence-electron chi connectivity index (χ1n) is 8.80. The summed E-state index contributed by atoms with van der Waals surface area (Å²) >= 11 is 0. The summed E-state index contributed by atoms with van der Waals surface area (Å²) in [6, 6.07) is 2.20. The molecular formula is C18H21N5O2. The number of aromatic carboxylic acids is 1. The van der Waals surface area contributed by atoms with Crippen LogP contribution in [0.3, 0.4) is 0 Å².